The summed E-state index contributed by atoms with van der Waals surface area (Å²) >= 11 is 0. The SMILES string of the molecule is Cc1ccc(C2=C(Cc3ccccc3)N=C(NC(=O)c3cccc(C(F)(F)F)c3)C2)cc1. The van der Waals surface area contributed by atoms with E-state index in [-0.39, 0.29) is 5.56 Å². The van der Waals surface area contributed by atoms with E-state index in [1.54, 1.807) is 0 Å². The maximum Gasteiger partial charge on any atom is 0.416 e. The van der Waals surface area contributed by atoms with E-state index in [1.165, 1.54) is 12.1 Å². The first-order valence-corrected chi connectivity index (χ1v) is 10.2. The Morgan fingerprint density at radius 2 is 1.69 bits per heavy atom. The topological polar surface area (TPSA) is 41.5 Å². The highest BCUT2D eigenvalue weighted by Crippen LogP contribution is 2.32. The van der Waals surface area contributed by atoms with Crippen LogP contribution in [0.5, 0.6) is 0 Å². The summed E-state index contributed by atoms with van der Waals surface area (Å²) in [5, 5.41) is 2.70. The van der Waals surface area contributed by atoms with Gasteiger partial charge in [0.25, 0.3) is 5.91 Å². The lowest BCUT2D eigenvalue weighted by atomic mass is 9.98. The fraction of sp³-hybridized carbons (Fsp3) is 0.154. The highest BCUT2D eigenvalue weighted by molar-refractivity contribution is 6.11. The van der Waals surface area contributed by atoms with Crippen LogP contribution in [0.25, 0.3) is 5.57 Å². The zero-order valence-electron chi connectivity index (χ0n) is 17.4. The summed E-state index contributed by atoms with van der Waals surface area (Å²) in [7, 11) is 0. The zero-order chi connectivity index (χ0) is 22.7. The number of alkyl halides is 3. The van der Waals surface area contributed by atoms with Gasteiger partial charge in [-0.1, -0.05) is 66.2 Å². The lowest BCUT2D eigenvalue weighted by Gasteiger charge is -2.10. The molecule has 0 saturated carbocycles. The lowest BCUT2D eigenvalue weighted by molar-refractivity contribution is -0.137. The normalized spacial score (nSPS) is 13.8. The molecule has 0 fully saturated rings. The molecule has 1 aliphatic rings. The zero-order valence-corrected chi connectivity index (χ0v) is 17.4. The number of benzene rings is 3. The summed E-state index contributed by atoms with van der Waals surface area (Å²) in [4.78, 5) is 17.3. The van der Waals surface area contributed by atoms with Crippen LogP contribution in [0.3, 0.4) is 0 Å². The predicted octanol–water partition coefficient (Wildman–Crippen LogP) is 6.20. The Morgan fingerprint density at radius 3 is 2.38 bits per heavy atom. The number of nitrogens with zero attached hydrogens (tertiary/aromatic N) is 1. The molecule has 1 amide bonds. The minimum absolute atomic E-state index is 0.0593. The molecule has 6 heteroatoms. The van der Waals surface area contributed by atoms with Crippen molar-refractivity contribution in [2.75, 3.05) is 0 Å². The number of aryl methyl sites for hydroxylation is 1. The number of rotatable bonds is 4. The number of halogens is 3. The summed E-state index contributed by atoms with van der Waals surface area (Å²) in [6.45, 7) is 2.01. The Balaban J connectivity index is 1.58. The van der Waals surface area contributed by atoms with Crippen molar-refractivity contribution in [3.05, 3.63) is 112 Å². The van der Waals surface area contributed by atoms with E-state index >= 15 is 0 Å². The summed E-state index contributed by atoms with van der Waals surface area (Å²) in [5.41, 5.74) is 4.14. The van der Waals surface area contributed by atoms with Crippen LogP contribution in [0.1, 0.15) is 39.0 Å². The van der Waals surface area contributed by atoms with Gasteiger partial charge in [-0.3, -0.25) is 4.79 Å². The quantitative estimate of drug-likeness (QED) is 0.522. The fourth-order valence-electron chi connectivity index (χ4n) is 3.61. The Labute approximate surface area is 184 Å². The molecule has 1 heterocycles. The van der Waals surface area contributed by atoms with Gasteiger partial charge in [0.05, 0.1) is 11.3 Å². The number of aliphatic imine (C=N–C) groups is 1. The average molecular weight is 434 g/mol. The number of amidine groups is 1. The number of nitrogens with one attached hydrogen (secondary N) is 1. The van der Waals surface area contributed by atoms with Crippen LogP contribution in [0.2, 0.25) is 0 Å². The van der Waals surface area contributed by atoms with E-state index in [9.17, 15) is 18.0 Å². The molecule has 0 saturated heterocycles. The van der Waals surface area contributed by atoms with E-state index in [4.69, 9.17) is 0 Å². The molecule has 0 aliphatic carbocycles. The molecule has 0 atom stereocenters. The Morgan fingerprint density at radius 1 is 0.969 bits per heavy atom. The maximum atomic E-state index is 13.0. The van der Waals surface area contributed by atoms with Gasteiger partial charge in [-0.25, -0.2) is 4.99 Å². The van der Waals surface area contributed by atoms with Gasteiger partial charge in [0.15, 0.2) is 0 Å². The summed E-state index contributed by atoms with van der Waals surface area (Å²) < 4.78 is 39.0. The van der Waals surface area contributed by atoms with Gasteiger partial charge in [0.1, 0.15) is 5.84 Å². The molecule has 3 aromatic carbocycles. The van der Waals surface area contributed by atoms with Crippen molar-refractivity contribution in [2.45, 2.75) is 25.9 Å². The number of amides is 1. The van der Waals surface area contributed by atoms with Crippen molar-refractivity contribution in [3.63, 3.8) is 0 Å². The third-order valence-electron chi connectivity index (χ3n) is 5.29. The Kier molecular flexibility index (Phi) is 5.95. The molecule has 4 rings (SSSR count). The predicted molar refractivity (Wildman–Crippen MR) is 119 cm³/mol. The van der Waals surface area contributed by atoms with E-state index in [0.29, 0.717) is 18.7 Å². The number of carbonyl (C=O) groups excluding carboxylic acids is 1. The lowest BCUT2D eigenvalue weighted by Crippen LogP contribution is -2.29. The molecule has 0 aromatic heterocycles. The third kappa shape index (κ3) is 4.97. The summed E-state index contributed by atoms with van der Waals surface area (Å²) in [6.07, 6.45) is -3.52. The first-order valence-electron chi connectivity index (χ1n) is 10.2. The Bertz CT molecular complexity index is 1190. The van der Waals surface area contributed by atoms with Crippen LogP contribution in [0.4, 0.5) is 13.2 Å². The minimum Gasteiger partial charge on any atom is -0.310 e. The van der Waals surface area contributed by atoms with Crippen LogP contribution < -0.4 is 5.32 Å². The van der Waals surface area contributed by atoms with Gasteiger partial charge in [0.2, 0.25) is 0 Å². The van der Waals surface area contributed by atoms with Gasteiger partial charge in [0, 0.05) is 18.4 Å². The van der Waals surface area contributed by atoms with Gasteiger partial charge >= 0.3 is 6.18 Å². The van der Waals surface area contributed by atoms with E-state index in [1.807, 2.05) is 61.5 Å². The van der Waals surface area contributed by atoms with Gasteiger partial charge in [-0.05, 0) is 41.8 Å². The van der Waals surface area contributed by atoms with Crippen LogP contribution in [0, 0.1) is 6.92 Å². The van der Waals surface area contributed by atoms with Crippen LogP contribution in [-0.4, -0.2) is 11.7 Å². The standard InChI is InChI=1S/C26H21F3N2O/c1-17-10-12-19(13-11-17)22-16-24(30-23(22)14-18-6-3-2-4-7-18)31-25(32)20-8-5-9-21(15-20)26(27,28)29/h2-13,15H,14,16H2,1H3,(H,30,31,32). The van der Waals surface area contributed by atoms with Crippen molar-refractivity contribution in [1.29, 1.82) is 0 Å². The van der Waals surface area contributed by atoms with Crippen LogP contribution >= 0.6 is 0 Å². The number of carbonyl (C=O) groups is 1. The van der Waals surface area contributed by atoms with E-state index in [0.717, 1.165) is 40.1 Å². The molecule has 1 N–H and O–H groups in total. The number of hydrogen-bond acceptors (Lipinski definition) is 2. The minimum atomic E-state index is -4.51. The largest absolute Gasteiger partial charge is 0.416 e. The molecule has 0 unspecified atom stereocenters. The van der Waals surface area contributed by atoms with Crippen LogP contribution in [0.15, 0.2) is 89.6 Å². The summed E-state index contributed by atoms with van der Waals surface area (Å²) in [6, 6.07) is 22.3. The number of allylic oxidation sites excluding steroid dienone is 1. The van der Waals surface area contributed by atoms with Gasteiger partial charge in [-0.2, -0.15) is 13.2 Å². The Hall–Kier alpha value is -3.67. The molecular formula is C26H21F3N2O. The van der Waals surface area contributed by atoms with Crippen molar-refractivity contribution in [2.24, 2.45) is 4.99 Å². The maximum absolute atomic E-state index is 13.0. The highest BCUT2D eigenvalue weighted by atomic mass is 19.4. The monoisotopic (exact) mass is 434 g/mol. The summed E-state index contributed by atoms with van der Waals surface area (Å²) in [5.74, 6) is -0.187. The molecule has 0 bridgehead atoms. The number of hydrogen-bond donors (Lipinski definition) is 1. The molecule has 32 heavy (non-hydrogen) atoms. The second-order valence-electron chi connectivity index (χ2n) is 7.72. The van der Waals surface area contributed by atoms with Crippen molar-refractivity contribution >= 4 is 17.3 Å². The molecule has 1 aliphatic heterocycles. The second-order valence-corrected chi connectivity index (χ2v) is 7.72. The van der Waals surface area contributed by atoms with Crippen LogP contribution in [-0.2, 0) is 12.6 Å². The van der Waals surface area contributed by atoms with Crippen molar-refractivity contribution in [3.8, 4) is 0 Å². The van der Waals surface area contributed by atoms with Gasteiger partial charge < -0.3 is 5.32 Å². The van der Waals surface area contributed by atoms with Gasteiger partial charge in [-0.15, -0.1) is 0 Å². The second kappa shape index (κ2) is 8.83. The fourth-order valence-corrected chi connectivity index (χ4v) is 3.61. The smallest absolute Gasteiger partial charge is 0.310 e. The van der Waals surface area contributed by atoms with E-state index < -0.39 is 17.6 Å². The molecule has 3 nitrogen and oxygen atoms in total. The molecule has 0 radical (unpaired) electrons. The average Bonchev–Trinajstić information content (AvgIpc) is 3.16. The first kappa shape index (κ1) is 21.6. The first-order chi connectivity index (χ1) is 15.3. The van der Waals surface area contributed by atoms with Crippen molar-refractivity contribution < 1.29 is 18.0 Å². The highest BCUT2D eigenvalue weighted by Gasteiger charge is 2.31. The molecule has 0 spiro atoms. The van der Waals surface area contributed by atoms with E-state index in [2.05, 4.69) is 10.3 Å². The molecule has 162 valence electrons. The molecular weight excluding hydrogens is 413 g/mol. The molecule has 3 aromatic rings. The van der Waals surface area contributed by atoms with Crippen molar-refractivity contribution in [1.82, 2.24) is 5.32 Å². The third-order valence-corrected chi connectivity index (χ3v) is 5.29.